The summed E-state index contributed by atoms with van der Waals surface area (Å²) >= 11 is 0. The summed E-state index contributed by atoms with van der Waals surface area (Å²) in [5.74, 6) is -0.876. The molecule has 1 aromatic carbocycles. The summed E-state index contributed by atoms with van der Waals surface area (Å²) < 4.78 is 0. The van der Waals surface area contributed by atoms with Crippen LogP contribution in [0.2, 0.25) is 0 Å². The molecule has 0 saturated heterocycles. The van der Waals surface area contributed by atoms with E-state index in [0.717, 1.165) is 17.3 Å². The fourth-order valence-corrected chi connectivity index (χ4v) is 2.06. The van der Waals surface area contributed by atoms with E-state index in [-0.39, 0.29) is 6.04 Å². The van der Waals surface area contributed by atoms with Crippen LogP contribution in [0.5, 0.6) is 0 Å². The molecule has 0 radical (unpaired) electrons. The van der Waals surface area contributed by atoms with E-state index in [9.17, 15) is 9.90 Å². The topological polar surface area (TPSA) is 62.2 Å². The SMILES string of the molecule is CCC(C)NC(C(=O)O)c1cccc2cccnc12. The molecule has 2 rings (SSSR count). The Hall–Kier alpha value is -1.94. The second-order valence-corrected chi connectivity index (χ2v) is 4.67. The van der Waals surface area contributed by atoms with Crippen LogP contribution in [0, 0.1) is 0 Å². The number of fused-ring (bicyclic) bond motifs is 1. The Kier molecular flexibility index (Phi) is 4.12. The van der Waals surface area contributed by atoms with Crippen LogP contribution in [0.4, 0.5) is 0 Å². The van der Waals surface area contributed by atoms with Crippen molar-refractivity contribution in [2.75, 3.05) is 0 Å². The van der Waals surface area contributed by atoms with E-state index >= 15 is 0 Å². The molecule has 100 valence electrons. The molecule has 0 spiro atoms. The van der Waals surface area contributed by atoms with E-state index in [1.807, 2.05) is 44.2 Å². The third-order valence-corrected chi connectivity index (χ3v) is 3.29. The fraction of sp³-hybridized carbons (Fsp3) is 0.333. The lowest BCUT2D eigenvalue weighted by Gasteiger charge is -2.20. The molecule has 1 aromatic heterocycles. The zero-order valence-electron chi connectivity index (χ0n) is 11.1. The van der Waals surface area contributed by atoms with Gasteiger partial charge in [-0.15, -0.1) is 0 Å². The number of carboxylic acid groups (broad SMARTS) is 1. The quantitative estimate of drug-likeness (QED) is 0.865. The summed E-state index contributed by atoms with van der Waals surface area (Å²) in [7, 11) is 0. The Labute approximate surface area is 112 Å². The van der Waals surface area contributed by atoms with Crippen LogP contribution in [0.15, 0.2) is 36.5 Å². The van der Waals surface area contributed by atoms with Crippen molar-refractivity contribution in [1.29, 1.82) is 0 Å². The van der Waals surface area contributed by atoms with Gasteiger partial charge in [0, 0.05) is 23.2 Å². The molecule has 0 fully saturated rings. The van der Waals surface area contributed by atoms with Gasteiger partial charge < -0.3 is 5.11 Å². The first-order chi connectivity index (χ1) is 9.13. The van der Waals surface area contributed by atoms with Crippen LogP contribution in [-0.2, 0) is 4.79 Å². The van der Waals surface area contributed by atoms with Gasteiger partial charge in [-0.25, -0.2) is 0 Å². The largest absolute Gasteiger partial charge is 0.480 e. The van der Waals surface area contributed by atoms with Gasteiger partial charge in [0.2, 0.25) is 0 Å². The summed E-state index contributed by atoms with van der Waals surface area (Å²) in [4.78, 5) is 15.8. The van der Waals surface area contributed by atoms with Crippen LogP contribution >= 0.6 is 0 Å². The molecule has 19 heavy (non-hydrogen) atoms. The molecule has 4 nitrogen and oxygen atoms in total. The molecular formula is C15H18N2O2. The average molecular weight is 258 g/mol. The van der Waals surface area contributed by atoms with E-state index < -0.39 is 12.0 Å². The normalized spacial score (nSPS) is 14.2. The molecule has 2 aromatic rings. The Morgan fingerprint density at radius 1 is 1.37 bits per heavy atom. The smallest absolute Gasteiger partial charge is 0.325 e. The van der Waals surface area contributed by atoms with Crippen LogP contribution in [0.25, 0.3) is 10.9 Å². The summed E-state index contributed by atoms with van der Waals surface area (Å²) in [6.07, 6.45) is 2.57. The third kappa shape index (κ3) is 2.90. The van der Waals surface area contributed by atoms with Crippen molar-refractivity contribution < 1.29 is 9.90 Å². The second-order valence-electron chi connectivity index (χ2n) is 4.67. The van der Waals surface area contributed by atoms with Gasteiger partial charge in [0.25, 0.3) is 0 Å². The molecule has 0 amide bonds. The lowest BCUT2D eigenvalue weighted by molar-refractivity contribution is -0.139. The van der Waals surface area contributed by atoms with Gasteiger partial charge in [-0.05, 0) is 19.4 Å². The number of hydrogen-bond acceptors (Lipinski definition) is 3. The van der Waals surface area contributed by atoms with E-state index in [1.54, 1.807) is 6.20 Å². The summed E-state index contributed by atoms with van der Waals surface area (Å²) in [6.45, 7) is 4.01. The Morgan fingerprint density at radius 2 is 2.11 bits per heavy atom. The maximum Gasteiger partial charge on any atom is 0.325 e. The van der Waals surface area contributed by atoms with Crippen molar-refractivity contribution >= 4 is 16.9 Å². The highest BCUT2D eigenvalue weighted by atomic mass is 16.4. The van der Waals surface area contributed by atoms with Crippen molar-refractivity contribution in [2.24, 2.45) is 0 Å². The monoisotopic (exact) mass is 258 g/mol. The van der Waals surface area contributed by atoms with Gasteiger partial charge in [0.1, 0.15) is 6.04 Å². The molecule has 2 unspecified atom stereocenters. The van der Waals surface area contributed by atoms with E-state index in [4.69, 9.17) is 0 Å². The zero-order valence-corrected chi connectivity index (χ0v) is 11.1. The number of hydrogen-bond donors (Lipinski definition) is 2. The van der Waals surface area contributed by atoms with Gasteiger partial charge in [-0.3, -0.25) is 15.1 Å². The second kappa shape index (κ2) is 5.80. The highest BCUT2D eigenvalue weighted by Gasteiger charge is 2.23. The number of nitrogens with one attached hydrogen (secondary N) is 1. The molecule has 0 aliphatic rings. The zero-order chi connectivity index (χ0) is 13.8. The predicted octanol–water partition coefficient (Wildman–Crippen LogP) is 2.75. The van der Waals surface area contributed by atoms with E-state index in [1.165, 1.54) is 0 Å². The fourth-order valence-electron chi connectivity index (χ4n) is 2.06. The summed E-state index contributed by atoms with van der Waals surface area (Å²) in [5, 5.41) is 13.5. The summed E-state index contributed by atoms with van der Waals surface area (Å²) in [6, 6.07) is 8.83. The van der Waals surface area contributed by atoms with E-state index in [0.29, 0.717) is 5.56 Å². The van der Waals surface area contributed by atoms with Crippen LogP contribution in [0.1, 0.15) is 31.9 Å². The van der Waals surface area contributed by atoms with Crippen molar-refractivity contribution in [2.45, 2.75) is 32.4 Å². The maximum absolute atomic E-state index is 11.5. The number of pyridine rings is 1. The molecule has 2 N–H and O–H groups in total. The van der Waals surface area contributed by atoms with Crippen molar-refractivity contribution in [1.82, 2.24) is 10.3 Å². The van der Waals surface area contributed by atoms with Gasteiger partial charge >= 0.3 is 5.97 Å². The number of carbonyl (C=O) groups is 1. The number of benzene rings is 1. The number of para-hydroxylation sites is 1. The molecule has 2 atom stereocenters. The first-order valence-electron chi connectivity index (χ1n) is 6.46. The highest BCUT2D eigenvalue weighted by molar-refractivity contribution is 5.87. The molecule has 0 aliphatic heterocycles. The standard InChI is InChI=1S/C15H18N2O2/c1-3-10(2)17-14(15(18)19)12-8-4-6-11-7-5-9-16-13(11)12/h4-10,14,17H,3H2,1-2H3,(H,18,19). The molecule has 0 saturated carbocycles. The Bertz CT molecular complexity index is 578. The molecule has 4 heteroatoms. The molecular weight excluding hydrogens is 240 g/mol. The lowest BCUT2D eigenvalue weighted by atomic mass is 10.0. The minimum atomic E-state index is -0.876. The number of rotatable bonds is 5. The minimum Gasteiger partial charge on any atom is -0.480 e. The van der Waals surface area contributed by atoms with Crippen LogP contribution in [-0.4, -0.2) is 22.1 Å². The van der Waals surface area contributed by atoms with Gasteiger partial charge in [-0.1, -0.05) is 31.2 Å². The third-order valence-electron chi connectivity index (χ3n) is 3.29. The number of aliphatic carboxylic acids is 1. The maximum atomic E-state index is 11.5. The Morgan fingerprint density at radius 3 is 2.79 bits per heavy atom. The number of carboxylic acids is 1. The predicted molar refractivity (Wildman–Crippen MR) is 75.0 cm³/mol. The number of aromatic nitrogens is 1. The summed E-state index contributed by atoms with van der Waals surface area (Å²) in [5.41, 5.74) is 1.46. The highest BCUT2D eigenvalue weighted by Crippen LogP contribution is 2.23. The van der Waals surface area contributed by atoms with Crippen molar-refractivity contribution in [3.8, 4) is 0 Å². The number of nitrogens with zero attached hydrogens (tertiary/aromatic N) is 1. The first-order valence-corrected chi connectivity index (χ1v) is 6.46. The first kappa shape index (κ1) is 13.5. The van der Waals surface area contributed by atoms with Crippen LogP contribution < -0.4 is 5.32 Å². The van der Waals surface area contributed by atoms with Crippen molar-refractivity contribution in [3.05, 3.63) is 42.1 Å². The molecule has 0 aliphatic carbocycles. The van der Waals surface area contributed by atoms with Crippen molar-refractivity contribution in [3.63, 3.8) is 0 Å². The van der Waals surface area contributed by atoms with Gasteiger partial charge in [0.05, 0.1) is 5.52 Å². The van der Waals surface area contributed by atoms with E-state index in [2.05, 4.69) is 10.3 Å². The van der Waals surface area contributed by atoms with Gasteiger partial charge in [-0.2, -0.15) is 0 Å². The molecule has 1 heterocycles. The molecule has 0 bridgehead atoms. The van der Waals surface area contributed by atoms with Gasteiger partial charge in [0.15, 0.2) is 0 Å². The Balaban J connectivity index is 2.47. The minimum absolute atomic E-state index is 0.139. The average Bonchev–Trinajstić information content (AvgIpc) is 2.43. The lowest BCUT2D eigenvalue weighted by Crippen LogP contribution is -2.35. The van der Waals surface area contributed by atoms with Crippen LogP contribution in [0.3, 0.4) is 0 Å².